The predicted octanol–water partition coefficient (Wildman–Crippen LogP) is -1.94. The molecule has 0 aromatic heterocycles. The Kier molecular flexibility index (Phi) is 1.45. The number of primary sulfonamides is 1. The number of nitrogens with zero attached hydrogens (tertiary/aromatic N) is 1. The molecule has 56 valence electrons. The molecule has 7 heteroatoms. The number of rotatable bonds is 1. The van der Waals surface area contributed by atoms with E-state index in [1.54, 1.807) is 6.40 Å². The fourth-order valence-corrected chi connectivity index (χ4v) is 0.941. The van der Waals surface area contributed by atoms with Crippen molar-refractivity contribution in [2.75, 3.05) is 0 Å². The summed E-state index contributed by atoms with van der Waals surface area (Å²) in [5, 5.41) is 4.56. The van der Waals surface area contributed by atoms with E-state index in [0.717, 1.165) is 0 Å². The summed E-state index contributed by atoms with van der Waals surface area (Å²) in [7, 11) is -3.98. The number of hydrogen-bond donors (Lipinski definition) is 1. The van der Waals surface area contributed by atoms with Gasteiger partial charge in [0.15, 0.2) is 0 Å². The monoisotopic (exact) mass is 163 g/mol. The number of nitrogens with two attached hydrogens (primary N) is 1. The number of carbonyl (C=O) groups is 1. The zero-order valence-electron chi connectivity index (χ0n) is 4.64. The van der Waals surface area contributed by atoms with Crippen molar-refractivity contribution in [3.63, 3.8) is 0 Å². The van der Waals surface area contributed by atoms with Crippen molar-refractivity contribution >= 4 is 22.3 Å². The number of aliphatic imine (C=N–C) groups is 1. The summed E-state index contributed by atoms with van der Waals surface area (Å²) >= 11 is 0. The van der Waals surface area contributed by atoms with Crippen LogP contribution in [-0.4, -0.2) is 26.2 Å². The van der Waals surface area contributed by atoms with Crippen LogP contribution in [0.25, 0.3) is 0 Å². The van der Waals surface area contributed by atoms with Gasteiger partial charge in [-0.1, -0.05) is 0 Å². The number of amides is 1. The molecule has 0 saturated heterocycles. The molecule has 1 aliphatic rings. The van der Waals surface area contributed by atoms with Crippen LogP contribution in [0.2, 0.25) is 0 Å². The maximum atomic E-state index is 10.4. The first-order chi connectivity index (χ1) is 4.52. The first kappa shape index (κ1) is 7.16. The molecule has 0 aromatic rings. The van der Waals surface area contributed by atoms with E-state index in [-0.39, 0.29) is 0 Å². The van der Waals surface area contributed by atoms with Gasteiger partial charge in [0.25, 0.3) is 0 Å². The molecule has 1 aliphatic heterocycles. The molecule has 10 heavy (non-hydrogen) atoms. The Morgan fingerprint density at radius 3 is 2.50 bits per heavy atom. The fraction of sp³-hybridized carbons (Fsp3) is 0.333. The van der Waals surface area contributed by atoms with Gasteiger partial charge in [0.2, 0.25) is 15.5 Å². The van der Waals surface area contributed by atoms with E-state index in [2.05, 4.69) is 14.9 Å². The first-order valence-electron chi connectivity index (χ1n) is 2.18. The van der Waals surface area contributed by atoms with Gasteiger partial charge in [0.1, 0.15) is 5.91 Å². The second-order valence-corrected chi connectivity index (χ2v) is 3.19. The number of hydrogen-bond acceptors (Lipinski definition) is 4. The highest BCUT2D eigenvalue weighted by molar-refractivity contribution is 7.90. The van der Waals surface area contributed by atoms with Crippen molar-refractivity contribution < 1.29 is 17.9 Å². The van der Waals surface area contributed by atoms with Crippen LogP contribution < -0.4 is 5.14 Å². The smallest absolute Gasteiger partial charge is 0.237 e. The number of sulfonamides is 1. The minimum atomic E-state index is -3.98. The van der Waals surface area contributed by atoms with Gasteiger partial charge in [-0.25, -0.2) is 13.6 Å². The second-order valence-electron chi connectivity index (χ2n) is 1.58. The van der Waals surface area contributed by atoms with E-state index >= 15 is 0 Å². The first-order valence-corrected chi connectivity index (χ1v) is 3.79. The molecule has 0 fully saturated rings. The Morgan fingerprint density at radius 2 is 2.30 bits per heavy atom. The molecule has 0 spiro atoms. The lowest BCUT2D eigenvalue weighted by Gasteiger charge is -2.09. The molecular formula is C3H3N2O4S-. The maximum Gasteiger partial charge on any atom is 0.237 e. The third kappa shape index (κ3) is 1.14. The normalized spacial score (nSPS) is 24.9. The lowest BCUT2D eigenvalue weighted by Crippen LogP contribution is -2.33. The van der Waals surface area contributed by atoms with E-state index in [1.807, 2.05) is 0 Å². The van der Waals surface area contributed by atoms with Gasteiger partial charge in [0, 0.05) is 6.40 Å². The fourth-order valence-electron chi connectivity index (χ4n) is 0.430. The van der Waals surface area contributed by atoms with Gasteiger partial charge in [-0.05, 0) is 0 Å². The van der Waals surface area contributed by atoms with Crippen LogP contribution in [0.4, 0.5) is 0 Å². The van der Waals surface area contributed by atoms with Gasteiger partial charge < -0.3 is 14.5 Å². The Bertz CT molecular complexity index is 279. The average molecular weight is 163 g/mol. The van der Waals surface area contributed by atoms with Crippen LogP contribution in [0.3, 0.4) is 0 Å². The van der Waals surface area contributed by atoms with Gasteiger partial charge in [-0.15, -0.1) is 0 Å². The van der Waals surface area contributed by atoms with Gasteiger partial charge in [0.05, 0.1) is 0 Å². The van der Waals surface area contributed by atoms with Crippen molar-refractivity contribution in [2.45, 2.75) is 5.44 Å². The molecule has 1 unspecified atom stereocenters. The zero-order chi connectivity index (χ0) is 7.78. The van der Waals surface area contributed by atoms with Crippen LogP contribution in [0.15, 0.2) is 4.99 Å². The molecule has 1 atom stereocenters. The van der Waals surface area contributed by atoms with Crippen LogP contribution in [0.5, 0.6) is 0 Å². The van der Waals surface area contributed by atoms with Crippen molar-refractivity contribution in [1.82, 2.24) is 0 Å². The molecule has 0 bridgehead atoms. The molecular weight excluding hydrogens is 160 g/mol. The molecule has 6 nitrogen and oxygen atoms in total. The van der Waals surface area contributed by atoms with E-state index in [4.69, 9.17) is 0 Å². The minimum Gasteiger partial charge on any atom is -0.563 e. The summed E-state index contributed by atoms with van der Waals surface area (Å²) in [4.78, 5) is 13.3. The Hall–Kier alpha value is -0.950. The lowest BCUT2D eigenvalue weighted by molar-refractivity contribution is -0.119. The highest BCUT2D eigenvalue weighted by Crippen LogP contribution is 2.04. The van der Waals surface area contributed by atoms with Crippen molar-refractivity contribution in [1.29, 1.82) is 0 Å². The molecule has 0 aliphatic carbocycles. The predicted molar refractivity (Wildman–Crippen MR) is 30.4 cm³/mol. The van der Waals surface area contributed by atoms with Crippen LogP contribution in [0.1, 0.15) is 0 Å². The Morgan fingerprint density at radius 1 is 1.70 bits per heavy atom. The summed E-state index contributed by atoms with van der Waals surface area (Å²) in [5.41, 5.74) is -1.69. The highest BCUT2D eigenvalue weighted by atomic mass is 32.2. The number of ether oxygens (including phenoxy) is 1. The standard InChI is InChI=1S/C3H3N2O4S/c4-10(7,8)3-2(6)5-1-9-3/h3H,(H2,4,7,8)/q-1. The molecule has 1 heterocycles. The minimum absolute atomic E-state index is 0.942. The summed E-state index contributed by atoms with van der Waals surface area (Å²) in [6, 6.07) is 0. The van der Waals surface area contributed by atoms with Crippen LogP contribution >= 0.6 is 0 Å². The molecule has 0 saturated carbocycles. The van der Waals surface area contributed by atoms with Gasteiger partial charge in [-0.2, -0.15) is 0 Å². The highest BCUT2D eigenvalue weighted by Gasteiger charge is 2.24. The number of carbonyl (C=O) groups excluding carboxylic acids is 1. The van der Waals surface area contributed by atoms with E-state index in [9.17, 15) is 13.2 Å². The molecule has 0 radical (unpaired) electrons. The topological polar surface area (TPSA) is 98.8 Å². The molecule has 0 aromatic carbocycles. The van der Waals surface area contributed by atoms with Crippen molar-refractivity contribution in [3.8, 4) is 0 Å². The molecule has 1 amide bonds. The SMILES string of the molecule is NS(=O)(=O)C1O[C-]=NC1=O. The van der Waals surface area contributed by atoms with Crippen molar-refractivity contribution in [2.24, 2.45) is 10.1 Å². The zero-order valence-corrected chi connectivity index (χ0v) is 5.46. The Balaban J connectivity index is 2.90. The molecule has 1 rings (SSSR count). The van der Waals surface area contributed by atoms with Crippen LogP contribution in [-0.2, 0) is 19.6 Å². The van der Waals surface area contributed by atoms with Gasteiger partial charge >= 0.3 is 0 Å². The third-order valence-electron chi connectivity index (χ3n) is 0.816. The summed E-state index contributed by atoms with van der Waals surface area (Å²) in [6.45, 7) is 0. The van der Waals surface area contributed by atoms with Crippen LogP contribution in [0, 0.1) is 0 Å². The average Bonchev–Trinajstić information content (AvgIpc) is 2.11. The van der Waals surface area contributed by atoms with E-state index in [1.165, 1.54) is 0 Å². The third-order valence-corrected chi connectivity index (χ3v) is 1.71. The van der Waals surface area contributed by atoms with E-state index in [0.29, 0.717) is 0 Å². The van der Waals surface area contributed by atoms with E-state index < -0.39 is 21.4 Å². The largest absolute Gasteiger partial charge is 0.563 e. The summed E-state index contributed by atoms with van der Waals surface area (Å²) < 4.78 is 24.9. The Labute approximate surface area is 56.7 Å². The summed E-state index contributed by atoms with van der Waals surface area (Å²) in [6.07, 6.45) is 1.74. The molecule has 2 N–H and O–H groups in total. The second kappa shape index (κ2) is 2.03. The maximum absolute atomic E-state index is 10.4. The quantitative estimate of drug-likeness (QED) is 0.454. The summed E-state index contributed by atoms with van der Waals surface area (Å²) in [5.74, 6) is -0.942. The van der Waals surface area contributed by atoms with Gasteiger partial charge in [-0.3, -0.25) is 0 Å². The lowest BCUT2D eigenvalue weighted by atomic mass is 10.7. The van der Waals surface area contributed by atoms with Crippen molar-refractivity contribution in [3.05, 3.63) is 0 Å².